The molecule has 5 heteroatoms. The summed E-state index contributed by atoms with van der Waals surface area (Å²) in [5.74, 6) is -1.85. The van der Waals surface area contributed by atoms with Gasteiger partial charge in [-0.3, -0.25) is 9.59 Å². The molecule has 1 N–H and O–H groups in total. The van der Waals surface area contributed by atoms with Gasteiger partial charge in [0, 0.05) is 13.1 Å². The summed E-state index contributed by atoms with van der Waals surface area (Å²) in [7, 11) is 0. The number of amides is 1. The fourth-order valence-electron chi connectivity index (χ4n) is 2.97. The molecular weight excluding hydrogens is 273 g/mol. The van der Waals surface area contributed by atoms with Crippen molar-refractivity contribution in [2.75, 3.05) is 13.1 Å². The molecule has 1 unspecified atom stereocenters. The molecule has 0 bridgehead atoms. The highest BCUT2D eigenvalue weighted by Gasteiger charge is 2.45. The molecule has 0 saturated carbocycles. The summed E-state index contributed by atoms with van der Waals surface area (Å²) in [6, 6.07) is 4.47. The summed E-state index contributed by atoms with van der Waals surface area (Å²) in [5.41, 5.74) is -0.124. The third kappa shape index (κ3) is 2.91. The van der Waals surface area contributed by atoms with Crippen LogP contribution < -0.4 is 0 Å². The Labute approximate surface area is 123 Å². The third-order valence-electron chi connectivity index (χ3n) is 4.18. The Kier molecular flexibility index (Phi) is 4.30. The van der Waals surface area contributed by atoms with Crippen LogP contribution in [0.4, 0.5) is 4.39 Å². The first-order valence-electron chi connectivity index (χ1n) is 7.18. The number of rotatable bonds is 4. The highest BCUT2D eigenvalue weighted by molar-refractivity contribution is 5.95. The first kappa shape index (κ1) is 15.5. The van der Waals surface area contributed by atoms with E-state index in [0.29, 0.717) is 19.4 Å². The molecule has 0 radical (unpaired) electrons. The van der Waals surface area contributed by atoms with Crippen molar-refractivity contribution < 1.29 is 19.1 Å². The highest BCUT2D eigenvalue weighted by Crippen LogP contribution is 2.36. The first-order chi connectivity index (χ1) is 9.89. The molecule has 1 heterocycles. The molecule has 1 aliphatic heterocycles. The lowest BCUT2D eigenvalue weighted by Gasteiger charge is -2.24. The minimum atomic E-state index is -0.883. The molecule has 4 nitrogen and oxygen atoms in total. The number of nitrogens with zero attached hydrogens (tertiary/aromatic N) is 1. The van der Waals surface area contributed by atoms with Crippen LogP contribution in [0.1, 0.15) is 42.1 Å². The maximum atomic E-state index is 13.9. The van der Waals surface area contributed by atoms with Gasteiger partial charge in [-0.25, -0.2) is 4.39 Å². The van der Waals surface area contributed by atoms with Crippen LogP contribution in [0.25, 0.3) is 0 Å². The van der Waals surface area contributed by atoms with Crippen LogP contribution in [0.2, 0.25) is 0 Å². The van der Waals surface area contributed by atoms with E-state index in [1.807, 2.05) is 6.92 Å². The van der Waals surface area contributed by atoms with Crippen LogP contribution in [-0.2, 0) is 4.79 Å². The summed E-state index contributed by atoms with van der Waals surface area (Å²) < 4.78 is 13.9. The number of carbonyl (C=O) groups is 2. The van der Waals surface area contributed by atoms with Gasteiger partial charge in [0.2, 0.25) is 0 Å². The van der Waals surface area contributed by atoms with Gasteiger partial charge in [0.05, 0.1) is 11.0 Å². The van der Waals surface area contributed by atoms with Crippen LogP contribution >= 0.6 is 0 Å². The lowest BCUT2D eigenvalue weighted by Crippen LogP contribution is -2.37. The molecule has 0 aliphatic carbocycles. The van der Waals surface area contributed by atoms with E-state index in [9.17, 15) is 19.1 Å². The smallest absolute Gasteiger partial charge is 0.311 e. The minimum Gasteiger partial charge on any atom is -0.481 e. The van der Waals surface area contributed by atoms with Gasteiger partial charge in [-0.15, -0.1) is 0 Å². The fraction of sp³-hybridized carbons (Fsp3) is 0.500. The summed E-state index contributed by atoms with van der Waals surface area (Å²) >= 11 is 0. The second kappa shape index (κ2) is 5.84. The number of likely N-dealkylation sites (tertiary alicyclic amines) is 1. The number of aryl methyl sites for hydroxylation is 1. The number of halogens is 1. The lowest BCUT2D eigenvalue weighted by atomic mass is 9.83. The van der Waals surface area contributed by atoms with Crippen molar-refractivity contribution in [2.45, 2.75) is 33.1 Å². The zero-order valence-corrected chi connectivity index (χ0v) is 12.4. The largest absolute Gasteiger partial charge is 0.481 e. The van der Waals surface area contributed by atoms with Crippen molar-refractivity contribution in [3.8, 4) is 0 Å². The van der Waals surface area contributed by atoms with Crippen LogP contribution in [0, 0.1) is 18.2 Å². The van der Waals surface area contributed by atoms with Crippen LogP contribution in [0.3, 0.4) is 0 Å². The number of carbonyl (C=O) groups excluding carboxylic acids is 1. The Morgan fingerprint density at radius 1 is 1.43 bits per heavy atom. The summed E-state index contributed by atoms with van der Waals surface area (Å²) in [6.45, 7) is 4.19. The Morgan fingerprint density at radius 2 is 2.14 bits per heavy atom. The average Bonchev–Trinajstić information content (AvgIpc) is 2.84. The van der Waals surface area contributed by atoms with E-state index in [4.69, 9.17) is 0 Å². The normalized spacial score (nSPS) is 21.6. The quantitative estimate of drug-likeness (QED) is 0.928. The van der Waals surface area contributed by atoms with Crippen molar-refractivity contribution in [1.29, 1.82) is 0 Å². The van der Waals surface area contributed by atoms with E-state index >= 15 is 0 Å². The zero-order chi connectivity index (χ0) is 15.6. The molecule has 1 aromatic carbocycles. The number of carboxylic acid groups (broad SMARTS) is 1. The maximum absolute atomic E-state index is 13.9. The van der Waals surface area contributed by atoms with E-state index in [0.717, 1.165) is 12.0 Å². The van der Waals surface area contributed by atoms with Gasteiger partial charge in [-0.2, -0.15) is 0 Å². The lowest BCUT2D eigenvalue weighted by molar-refractivity contribution is -0.148. The van der Waals surface area contributed by atoms with Gasteiger partial charge in [0.15, 0.2) is 0 Å². The van der Waals surface area contributed by atoms with Crippen molar-refractivity contribution in [2.24, 2.45) is 5.41 Å². The summed E-state index contributed by atoms with van der Waals surface area (Å²) in [5, 5.41) is 9.44. The summed E-state index contributed by atoms with van der Waals surface area (Å²) in [6.07, 6.45) is 1.70. The Balaban J connectivity index is 2.20. The molecule has 1 aliphatic rings. The van der Waals surface area contributed by atoms with Crippen LogP contribution in [-0.4, -0.2) is 35.0 Å². The van der Waals surface area contributed by atoms with Crippen LogP contribution in [0.15, 0.2) is 18.2 Å². The Morgan fingerprint density at radius 3 is 2.71 bits per heavy atom. The molecule has 0 aromatic heterocycles. The molecule has 21 heavy (non-hydrogen) atoms. The number of aliphatic carboxylic acids is 1. The van der Waals surface area contributed by atoms with Gasteiger partial charge < -0.3 is 10.0 Å². The van der Waals surface area contributed by atoms with E-state index in [1.54, 1.807) is 13.0 Å². The standard InChI is InChI=1S/C16H20FNO3/c1-3-6-16(15(20)21)7-8-18(10-16)14(19)12-5-4-11(2)9-13(12)17/h4-5,9H,3,6-8,10H2,1-2H3,(H,20,21). The number of carboxylic acids is 1. The van der Waals surface area contributed by atoms with E-state index in [1.165, 1.54) is 17.0 Å². The molecule has 1 aromatic rings. The second-order valence-electron chi connectivity index (χ2n) is 5.80. The highest BCUT2D eigenvalue weighted by atomic mass is 19.1. The Bertz CT molecular complexity index is 573. The van der Waals surface area contributed by atoms with Gasteiger partial charge in [0.1, 0.15) is 5.82 Å². The monoisotopic (exact) mass is 293 g/mol. The van der Waals surface area contributed by atoms with Crippen molar-refractivity contribution >= 4 is 11.9 Å². The predicted octanol–water partition coefficient (Wildman–Crippen LogP) is 2.85. The van der Waals surface area contributed by atoms with Gasteiger partial charge in [-0.1, -0.05) is 19.4 Å². The van der Waals surface area contributed by atoms with Crippen molar-refractivity contribution in [3.63, 3.8) is 0 Å². The summed E-state index contributed by atoms with van der Waals surface area (Å²) in [4.78, 5) is 25.4. The maximum Gasteiger partial charge on any atom is 0.311 e. The minimum absolute atomic E-state index is 0.0123. The number of hydrogen-bond donors (Lipinski definition) is 1. The third-order valence-corrected chi connectivity index (χ3v) is 4.18. The zero-order valence-electron chi connectivity index (χ0n) is 12.4. The fourth-order valence-corrected chi connectivity index (χ4v) is 2.97. The molecule has 1 fully saturated rings. The van der Waals surface area contributed by atoms with Crippen LogP contribution in [0.5, 0.6) is 0 Å². The molecule has 2 rings (SSSR count). The van der Waals surface area contributed by atoms with Crippen molar-refractivity contribution in [3.05, 3.63) is 35.1 Å². The molecule has 1 saturated heterocycles. The number of hydrogen-bond acceptors (Lipinski definition) is 2. The predicted molar refractivity (Wildman–Crippen MR) is 76.6 cm³/mol. The molecule has 1 atom stereocenters. The molecular formula is C16H20FNO3. The molecule has 1 amide bonds. The first-order valence-corrected chi connectivity index (χ1v) is 7.18. The number of benzene rings is 1. The second-order valence-corrected chi connectivity index (χ2v) is 5.80. The van der Waals surface area contributed by atoms with Gasteiger partial charge >= 0.3 is 5.97 Å². The van der Waals surface area contributed by atoms with Gasteiger partial charge in [0.25, 0.3) is 5.91 Å². The topological polar surface area (TPSA) is 57.6 Å². The molecule has 114 valence electrons. The average molecular weight is 293 g/mol. The SMILES string of the molecule is CCCC1(C(=O)O)CCN(C(=O)c2ccc(C)cc2F)C1. The van der Waals surface area contributed by atoms with Crippen molar-refractivity contribution in [1.82, 2.24) is 4.90 Å². The molecule has 0 spiro atoms. The van der Waals surface area contributed by atoms with E-state index in [2.05, 4.69) is 0 Å². The van der Waals surface area contributed by atoms with E-state index < -0.39 is 23.1 Å². The Hall–Kier alpha value is -1.91. The van der Waals surface area contributed by atoms with Gasteiger partial charge in [-0.05, 0) is 37.5 Å². The van der Waals surface area contributed by atoms with E-state index in [-0.39, 0.29) is 12.1 Å².